The van der Waals surface area contributed by atoms with Gasteiger partial charge in [0.15, 0.2) is 6.29 Å². The molecule has 1 rings (SSSR count). The highest BCUT2D eigenvalue weighted by Gasteiger charge is 2.32. The van der Waals surface area contributed by atoms with Crippen molar-refractivity contribution in [2.75, 3.05) is 26.5 Å². The van der Waals surface area contributed by atoms with Crippen LogP contribution >= 0.6 is 11.8 Å². The van der Waals surface area contributed by atoms with Crippen LogP contribution in [0.1, 0.15) is 20.3 Å². The smallest absolute Gasteiger partial charge is 0.159 e. The van der Waals surface area contributed by atoms with Gasteiger partial charge in [0, 0.05) is 20.6 Å². The highest BCUT2D eigenvalue weighted by atomic mass is 32.2. The van der Waals surface area contributed by atoms with Gasteiger partial charge in [-0.2, -0.15) is 0 Å². The lowest BCUT2D eigenvalue weighted by Crippen LogP contribution is -2.48. The third-order valence-corrected chi connectivity index (χ3v) is 4.28. The highest BCUT2D eigenvalue weighted by molar-refractivity contribution is 8.00. The molecule has 2 atom stereocenters. The molecule has 4 heteroatoms. The molecule has 0 saturated carbocycles. The third-order valence-electron chi connectivity index (χ3n) is 2.59. The van der Waals surface area contributed by atoms with E-state index in [1.807, 2.05) is 11.8 Å². The summed E-state index contributed by atoms with van der Waals surface area (Å²) >= 11 is 1.96. The first-order chi connectivity index (χ1) is 6.59. The van der Waals surface area contributed by atoms with Crippen molar-refractivity contribution in [2.24, 2.45) is 5.92 Å². The molecule has 0 aromatic rings. The van der Waals surface area contributed by atoms with Gasteiger partial charge in [-0.25, -0.2) is 0 Å². The van der Waals surface area contributed by atoms with Gasteiger partial charge in [-0.05, 0) is 25.1 Å². The van der Waals surface area contributed by atoms with Gasteiger partial charge >= 0.3 is 0 Å². The maximum Gasteiger partial charge on any atom is 0.159 e. The van der Waals surface area contributed by atoms with Gasteiger partial charge in [0.25, 0.3) is 0 Å². The average Bonchev–Trinajstić information content (AvgIpc) is 2.20. The molecule has 0 aliphatic carbocycles. The van der Waals surface area contributed by atoms with Crippen LogP contribution in [0.5, 0.6) is 0 Å². The van der Waals surface area contributed by atoms with Gasteiger partial charge in [0.1, 0.15) is 0 Å². The summed E-state index contributed by atoms with van der Waals surface area (Å²) in [4.78, 5) is 0.100. The van der Waals surface area contributed by atoms with Gasteiger partial charge in [-0.3, -0.25) is 0 Å². The second-order valence-corrected chi connectivity index (χ2v) is 5.66. The van der Waals surface area contributed by atoms with Crippen molar-refractivity contribution in [2.45, 2.75) is 31.4 Å². The number of hydrogen-bond donors (Lipinski definition) is 1. The van der Waals surface area contributed by atoms with Gasteiger partial charge in [0.2, 0.25) is 0 Å². The van der Waals surface area contributed by atoms with E-state index in [-0.39, 0.29) is 11.2 Å². The first-order valence-electron chi connectivity index (χ1n) is 5.04. The topological polar surface area (TPSA) is 30.5 Å². The van der Waals surface area contributed by atoms with Crippen LogP contribution in [0.3, 0.4) is 0 Å². The quantitative estimate of drug-likeness (QED) is 0.729. The fraction of sp³-hybridized carbons (Fsp3) is 1.00. The second-order valence-electron chi connectivity index (χ2n) is 4.13. The number of methoxy groups -OCH3 is 2. The molecular formula is C10H21NO2S. The summed E-state index contributed by atoms with van der Waals surface area (Å²) < 4.78 is 10.4. The summed E-state index contributed by atoms with van der Waals surface area (Å²) in [6.07, 6.45) is 0.783. The van der Waals surface area contributed by atoms with E-state index in [0.717, 1.165) is 18.9 Å². The molecule has 1 N–H and O–H groups in total. The molecule has 0 aromatic carbocycles. The lowest BCUT2D eigenvalue weighted by Gasteiger charge is -2.38. The average molecular weight is 219 g/mol. The van der Waals surface area contributed by atoms with Crippen LogP contribution in [0.15, 0.2) is 0 Å². The molecule has 3 nitrogen and oxygen atoms in total. The highest BCUT2D eigenvalue weighted by Crippen LogP contribution is 2.33. The number of thioether (sulfide) groups is 1. The Hall–Kier alpha value is 0.230. The minimum atomic E-state index is -0.103. The Morgan fingerprint density at radius 1 is 1.50 bits per heavy atom. The van der Waals surface area contributed by atoms with Crippen LogP contribution < -0.4 is 5.32 Å². The van der Waals surface area contributed by atoms with Crippen molar-refractivity contribution in [3.05, 3.63) is 0 Å². The van der Waals surface area contributed by atoms with Crippen molar-refractivity contribution in [1.82, 2.24) is 5.32 Å². The Bertz CT molecular complexity index is 166. The predicted octanol–water partition coefficient (Wildman–Crippen LogP) is 1.68. The predicted molar refractivity (Wildman–Crippen MR) is 60.5 cm³/mol. The van der Waals surface area contributed by atoms with Gasteiger partial charge < -0.3 is 14.8 Å². The van der Waals surface area contributed by atoms with Gasteiger partial charge in [-0.1, -0.05) is 6.92 Å². The first kappa shape index (κ1) is 12.3. The van der Waals surface area contributed by atoms with Crippen molar-refractivity contribution >= 4 is 11.8 Å². The van der Waals surface area contributed by atoms with Crippen LogP contribution in [-0.2, 0) is 9.47 Å². The fourth-order valence-electron chi connectivity index (χ4n) is 1.54. The van der Waals surface area contributed by atoms with E-state index in [1.165, 1.54) is 5.75 Å². The molecule has 1 fully saturated rings. The Morgan fingerprint density at radius 2 is 2.14 bits per heavy atom. The molecule has 84 valence electrons. The fourth-order valence-corrected chi connectivity index (χ4v) is 2.75. The van der Waals surface area contributed by atoms with E-state index in [4.69, 9.17) is 9.47 Å². The summed E-state index contributed by atoms with van der Waals surface area (Å²) in [7, 11) is 3.38. The molecule has 0 aromatic heterocycles. The zero-order chi connectivity index (χ0) is 10.6. The maximum absolute atomic E-state index is 5.22. The number of ether oxygens (including phenoxy) is 2. The Balaban J connectivity index is 2.41. The summed E-state index contributed by atoms with van der Waals surface area (Å²) in [5.41, 5.74) is 0. The summed E-state index contributed by atoms with van der Waals surface area (Å²) in [6.45, 7) is 5.57. The Kier molecular flexibility index (Phi) is 4.70. The molecule has 1 saturated heterocycles. The molecule has 0 bridgehead atoms. The minimum absolute atomic E-state index is 0.100. The Morgan fingerprint density at radius 3 is 2.57 bits per heavy atom. The molecule has 0 amide bonds. The lowest BCUT2D eigenvalue weighted by molar-refractivity contribution is -0.112. The molecule has 1 aliphatic heterocycles. The summed E-state index contributed by atoms with van der Waals surface area (Å²) in [6, 6.07) is 0. The molecular weight excluding hydrogens is 198 g/mol. The molecule has 0 radical (unpaired) electrons. The van der Waals surface area contributed by atoms with Crippen LogP contribution in [0.2, 0.25) is 0 Å². The standard InChI is InChI=1S/C10H21NO2S/c1-8-6-11-10(2,14-7-8)5-9(12-3)13-4/h8-9,11H,5-7H2,1-4H3. The van der Waals surface area contributed by atoms with E-state index >= 15 is 0 Å². The van der Waals surface area contributed by atoms with E-state index in [2.05, 4.69) is 19.2 Å². The van der Waals surface area contributed by atoms with Crippen LogP contribution in [0.25, 0.3) is 0 Å². The van der Waals surface area contributed by atoms with E-state index < -0.39 is 0 Å². The zero-order valence-electron chi connectivity index (χ0n) is 9.50. The molecule has 0 spiro atoms. The normalized spacial score (nSPS) is 33.6. The summed E-state index contributed by atoms with van der Waals surface area (Å²) in [5, 5.41) is 3.55. The van der Waals surface area contributed by atoms with Crippen molar-refractivity contribution < 1.29 is 9.47 Å². The number of hydrogen-bond acceptors (Lipinski definition) is 4. The largest absolute Gasteiger partial charge is 0.356 e. The SMILES string of the molecule is COC(CC1(C)NCC(C)CS1)OC. The van der Waals surface area contributed by atoms with Crippen LogP contribution in [0.4, 0.5) is 0 Å². The summed E-state index contributed by atoms with van der Waals surface area (Å²) in [5.74, 6) is 1.97. The van der Waals surface area contributed by atoms with E-state index in [1.54, 1.807) is 14.2 Å². The van der Waals surface area contributed by atoms with Crippen molar-refractivity contribution in [1.29, 1.82) is 0 Å². The molecule has 1 heterocycles. The molecule has 2 unspecified atom stereocenters. The van der Waals surface area contributed by atoms with Crippen LogP contribution in [0, 0.1) is 5.92 Å². The van der Waals surface area contributed by atoms with Gasteiger partial charge in [-0.15, -0.1) is 11.8 Å². The van der Waals surface area contributed by atoms with Crippen molar-refractivity contribution in [3.63, 3.8) is 0 Å². The minimum Gasteiger partial charge on any atom is -0.356 e. The van der Waals surface area contributed by atoms with Crippen molar-refractivity contribution in [3.8, 4) is 0 Å². The first-order valence-corrected chi connectivity index (χ1v) is 6.03. The number of rotatable bonds is 4. The van der Waals surface area contributed by atoms with Crippen LogP contribution in [-0.4, -0.2) is 37.7 Å². The molecule has 14 heavy (non-hydrogen) atoms. The maximum atomic E-state index is 5.22. The second kappa shape index (κ2) is 5.35. The van der Waals surface area contributed by atoms with E-state index in [0.29, 0.717) is 0 Å². The lowest BCUT2D eigenvalue weighted by atomic mass is 10.1. The number of nitrogens with one attached hydrogen (secondary N) is 1. The zero-order valence-corrected chi connectivity index (χ0v) is 10.3. The third kappa shape index (κ3) is 3.42. The Labute approximate surface area is 90.9 Å². The molecule has 1 aliphatic rings. The van der Waals surface area contributed by atoms with E-state index in [9.17, 15) is 0 Å². The monoisotopic (exact) mass is 219 g/mol. The van der Waals surface area contributed by atoms with Gasteiger partial charge in [0.05, 0.1) is 4.87 Å².